The Labute approximate surface area is 110 Å². The van der Waals surface area contributed by atoms with Gasteiger partial charge in [0.25, 0.3) is 0 Å². The zero-order valence-electron chi connectivity index (χ0n) is 10.3. The number of H-pyrrole nitrogens is 1. The number of hydrogen-bond donors (Lipinski definition) is 3. The minimum Gasteiger partial charge on any atom is -0.388 e. The van der Waals surface area contributed by atoms with Crippen LogP contribution in [0.1, 0.15) is 12.8 Å². The highest BCUT2D eigenvalue weighted by Crippen LogP contribution is 2.19. The van der Waals surface area contributed by atoms with Crippen molar-refractivity contribution in [2.45, 2.75) is 23.3 Å². The first-order valence-electron chi connectivity index (χ1n) is 5.90. The molecule has 1 aliphatic rings. The van der Waals surface area contributed by atoms with Crippen molar-refractivity contribution < 1.29 is 18.3 Å². The molecule has 2 heterocycles. The van der Waals surface area contributed by atoms with E-state index in [1.54, 1.807) is 0 Å². The highest BCUT2D eigenvalue weighted by molar-refractivity contribution is 7.89. The van der Waals surface area contributed by atoms with E-state index in [4.69, 9.17) is 4.74 Å². The molecule has 2 rings (SSSR count). The second kappa shape index (κ2) is 5.41. The van der Waals surface area contributed by atoms with Crippen LogP contribution in [0.25, 0.3) is 0 Å². The lowest BCUT2D eigenvalue weighted by atomic mass is 9.95. The normalized spacial score (nSPS) is 19.2. The lowest BCUT2D eigenvalue weighted by Crippen LogP contribution is -2.47. The molecule has 1 aromatic rings. The summed E-state index contributed by atoms with van der Waals surface area (Å²) in [7, 11) is -3.92. The first-order valence-corrected chi connectivity index (χ1v) is 7.38. The maximum Gasteiger partial charge on any atom is 0.246 e. The Morgan fingerprint density at radius 2 is 2.11 bits per heavy atom. The monoisotopic (exact) mass is 288 g/mol. The SMILES string of the molecule is O=c1cc[nH]cc1S(=O)(=O)NCC1(O)CCOCC1. The second-order valence-electron chi connectivity index (χ2n) is 4.53. The fourth-order valence-corrected chi connectivity index (χ4v) is 3.02. The maximum atomic E-state index is 12.0. The number of nitrogens with one attached hydrogen (secondary N) is 2. The Morgan fingerprint density at radius 3 is 2.74 bits per heavy atom. The van der Waals surface area contributed by atoms with Crippen molar-refractivity contribution in [2.24, 2.45) is 0 Å². The number of aromatic amines is 1. The molecule has 0 aromatic carbocycles. The van der Waals surface area contributed by atoms with Gasteiger partial charge in [0, 0.05) is 51.1 Å². The van der Waals surface area contributed by atoms with E-state index >= 15 is 0 Å². The van der Waals surface area contributed by atoms with E-state index in [-0.39, 0.29) is 11.4 Å². The molecule has 1 aliphatic heterocycles. The molecule has 1 saturated heterocycles. The smallest absolute Gasteiger partial charge is 0.246 e. The van der Waals surface area contributed by atoms with Crippen LogP contribution in [0.5, 0.6) is 0 Å². The fourth-order valence-electron chi connectivity index (χ4n) is 1.85. The van der Waals surface area contributed by atoms with Gasteiger partial charge in [0.1, 0.15) is 4.90 Å². The number of pyridine rings is 1. The number of sulfonamides is 1. The predicted molar refractivity (Wildman–Crippen MR) is 67.3 cm³/mol. The van der Waals surface area contributed by atoms with E-state index in [1.165, 1.54) is 6.20 Å². The Kier molecular flexibility index (Phi) is 4.04. The van der Waals surface area contributed by atoms with Gasteiger partial charge in [0.05, 0.1) is 5.60 Å². The van der Waals surface area contributed by atoms with Gasteiger partial charge in [-0.3, -0.25) is 4.79 Å². The molecule has 0 saturated carbocycles. The molecule has 0 unspecified atom stereocenters. The Balaban J connectivity index is 2.10. The Morgan fingerprint density at radius 1 is 1.42 bits per heavy atom. The lowest BCUT2D eigenvalue weighted by molar-refractivity contribution is -0.0588. The van der Waals surface area contributed by atoms with Crippen molar-refractivity contribution in [1.29, 1.82) is 0 Å². The van der Waals surface area contributed by atoms with Gasteiger partial charge in [-0.05, 0) is 0 Å². The quantitative estimate of drug-likeness (QED) is 0.672. The highest BCUT2D eigenvalue weighted by Gasteiger charge is 2.31. The molecule has 3 N–H and O–H groups in total. The first-order chi connectivity index (χ1) is 8.93. The van der Waals surface area contributed by atoms with Gasteiger partial charge in [0.15, 0.2) is 0 Å². The molecule has 0 spiro atoms. The summed E-state index contributed by atoms with van der Waals surface area (Å²) in [6, 6.07) is 1.14. The first kappa shape index (κ1) is 14.2. The van der Waals surface area contributed by atoms with E-state index in [2.05, 4.69) is 9.71 Å². The molecule has 0 amide bonds. The summed E-state index contributed by atoms with van der Waals surface area (Å²) in [5.74, 6) is 0. The average molecular weight is 288 g/mol. The van der Waals surface area contributed by atoms with Crippen LogP contribution in [-0.2, 0) is 14.8 Å². The standard InChI is InChI=1S/C11H16N2O5S/c14-9-1-4-12-7-10(9)19(16,17)13-8-11(15)2-5-18-6-3-11/h1,4,7,13,15H,2-3,5-6,8H2,(H,12,14). The van der Waals surface area contributed by atoms with Crippen LogP contribution in [0, 0.1) is 0 Å². The molecule has 0 radical (unpaired) electrons. The van der Waals surface area contributed by atoms with Gasteiger partial charge in [-0.15, -0.1) is 0 Å². The Bertz CT molecular complexity index is 589. The summed E-state index contributed by atoms with van der Waals surface area (Å²) in [5.41, 5.74) is -1.71. The van der Waals surface area contributed by atoms with Crippen molar-refractivity contribution in [1.82, 2.24) is 9.71 Å². The van der Waals surface area contributed by atoms with Gasteiger partial charge >= 0.3 is 0 Å². The number of aromatic nitrogens is 1. The second-order valence-corrected chi connectivity index (χ2v) is 6.27. The van der Waals surface area contributed by atoms with E-state index < -0.39 is 21.1 Å². The number of aliphatic hydroxyl groups is 1. The van der Waals surface area contributed by atoms with Crippen LogP contribution in [0.3, 0.4) is 0 Å². The minimum absolute atomic E-state index is 0.132. The van der Waals surface area contributed by atoms with E-state index in [9.17, 15) is 18.3 Å². The minimum atomic E-state index is -3.92. The molecule has 7 nitrogen and oxygen atoms in total. The average Bonchev–Trinajstić information content (AvgIpc) is 2.38. The zero-order chi connectivity index (χ0) is 13.9. The molecule has 0 atom stereocenters. The molecule has 8 heteroatoms. The summed E-state index contributed by atoms with van der Waals surface area (Å²) < 4.78 is 31.3. The van der Waals surface area contributed by atoms with E-state index in [0.29, 0.717) is 26.1 Å². The Hall–Kier alpha value is -1.22. The molecule has 0 aliphatic carbocycles. The van der Waals surface area contributed by atoms with Crippen molar-refractivity contribution in [3.05, 3.63) is 28.7 Å². The fraction of sp³-hybridized carbons (Fsp3) is 0.545. The topological polar surface area (TPSA) is 108 Å². The third kappa shape index (κ3) is 3.41. The van der Waals surface area contributed by atoms with Gasteiger partial charge in [-0.2, -0.15) is 0 Å². The van der Waals surface area contributed by atoms with E-state index in [1.807, 2.05) is 0 Å². The lowest BCUT2D eigenvalue weighted by Gasteiger charge is -2.31. The highest BCUT2D eigenvalue weighted by atomic mass is 32.2. The van der Waals surface area contributed by atoms with Crippen molar-refractivity contribution >= 4 is 10.0 Å². The van der Waals surface area contributed by atoms with Gasteiger partial charge in [-0.25, -0.2) is 13.1 Å². The summed E-state index contributed by atoms with van der Waals surface area (Å²) in [6.45, 7) is 0.654. The predicted octanol–water partition coefficient (Wildman–Crippen LogP) is -0.805. The van der Waals surface area contributed by atoms with Crippen molar-refractivity contribution in [3.63, 3.8) is 0 Å². The van der Waals surface area contributed by atoms with E-state index in [0.717, 1.165) is 12.3 Å². The molecule has 0 bridgehead atoms. The molecule has 1 fully saturated rings. The molecule has 1 aromatic heterocycles. The summed E-state index contributed by atoms with van der Waals surface area (Å²) in [5, 5.41) is 10.2. The molecule has 106 valence electrons. The van der Waals surface area contributed by atoms with Gasteiger partial charge in [0.2, 0.25) is 15.5 Å². The van der Waals surface area contributed by atoms with Crippen LogP contribution >= 0.6 is 0 Å². The number of ether oxygens (including phenoxy) is 1. The van der Waals surface area contributed by atoms with Gasteiger partial charge < -0.3 is 14.8 Å². The molecular formula is C11H16N2O5S. The third-order valence-corrected chi connectivity index (χ3v) is 4.51. The summed E-state index contributed by atoms with van der Waals surface area (Å²) in [4.78, 5) is 13.7. The largest absolute Gasteiger partial charge is 0.388 e. The molecule has 19 heavy (non-hydrogen) atoms. The molecular weight excluding hydrogens is 272 g/mol. The van der Waals surface area contributed by atoms with Crippen LogP contribution in [0.4, 0.5) is 0 Å². The maximum absolute atomic E-state index is 12.0. The van der Waals surface area contributed by atoms with Crippen LogP contribution < -0.4 is 10.2 Å². The van der Waals surface area contributed by atoms with Crippen molar-refractivity contribution in [2.75, 3.05) is 19.8 Å². The van der Waals surface area contributed by atoms with Crippen LogP contribution in [0.2, 0.25) is 0 Å². The summed E-state index contributed by atoms with van der Waals surface area (Å²) in [6.07, 6.45) is 3.20. The third-order valence-electron chi connectivity index (χ3n) is 3.09. The summed E-state index contributed by atoms with van der Waals surface area (Å²) >= 11 is 0. The van der Waals surface area contributed by atoms with Crippen molar-refractivity contribution in [3.8, 4) is 0 Å². The number of rotatable bonds is 4. The number of hydrogen-bond acceptors (Lipinski definition) is 5. The van der Waals surface area contributed by atoms with Crippen LogP contribution in [-0.4, -0.2) is 43.9 Å². The zero-order valence-corrected chi connectivity index (χ0v) is 11.1. The van der Waals surface area contributed by atoms with Crippen LogP contribution in [0.15, 0.2) is 28.2 Å². The van der Waals surface area contributed by atoms with Gasteiger partial charge in [-0.1, -0.05) is 0 Å².